The average molecular weight is 598 g/mol. The predicted molar refractivity (Wildman–Crippen MR) is 157 cm³/mol. The Bertz CT molecular complexity index is 1490. The molecule has 13 heteroatoms. The number of amides is 2. The van der Waals surface area contributed by atoms with Crippen molar-refractivity contribution in [3.8, 4) is 11.6 Å². The number of carbonyl (C=O) groups is 2. The molecule has 3 aromatic rings. The number of rotatable bonds is 7. The molecule has 2 N–H and O–H groups in total. The van der Waals surface area contributed by atoms with E-state index in [9.17, 15) is 22.8 Å². The van der Waals surface area contributed by atoms with E-state index in [4.69, 9.17) is 4.74 Å². The third-order valence-corrected chi connectivity index (χ3v) is 7.67. The highest BCUT2D eigenvalue weighted by Gasteiger charge is 2.36. The van der Waals surface area contributed by atoms with Crippen molar-refractivity contribution in [3.63, 3.8) is 0 Å². The number of carbonyl (C=O) groups excluding carboxylic acids is 2. The Balaban J connectivity index is 1.28. The number of ether oxygens (including phenoxy) is 1. The minimum absolute atomic E-state index is 0.0152. The first-order valence-electron chi connectivity index (χ1n) is 14.1. The van der Waals surface area contributed by atoms with Gasteiger partial charge >= 0.3 is 6.18 Å². The number of likely N-dealkylation sites (tertiary alicyclic amines) is 1. The van der Waals surface area contributed by atoms with Crippen molar-refractivity contribution in [2.45, 2.75) is 32.5 Å². The Morgan fingerprint density at radius 1 is 1.02 bits per heavy atom. The lowest BCUT2D eigenvalue weighted by Crippen LogP contribution is -2.45. The van der Waals surface area contributed by atoms with E-state index in [0.29, 0.717) is 51.0 Å². The van der Waals surface area contributed by atoms with E-state index in [1.54, 1.807) is 34.9 Å². The maximum atomic E-state index is 14.0. The second-order valence-electron chi connectivity index (χ2n) is 10.9. The van der Waals surface area contributed by atoms with Gasteiger partial charge < -0.3 is 30.1 Å². The van der Waals surface area contributed by atoms with Gasteiger partial charge in [-0.3, -0.25) is 9.59 Å². The highest BCUT2D eigenvalue weighted by atomic mass is 19.4. The average Bonchev–Trinajstić information content (AvgIpc) is 3.43. The predicted octanol–water partition coefficient (Wildman–Crippen LogP) is 4.63. The second-order valence-corrected chi connectivity index (χ2v) is 10.9. The van der Waals surface area contributed by atoms with Gasteiger partial charge in [0.2, 0.25) is 17.7 Å². The highest BCUT2D eigenvalue weighted by Crippen LogP contribution is 2.39. The number of aryl methyl sites for hydroxylation is 1. The molecule has 5 rings (SSSR count). The van der Waals surface area contributed by atoms with Crippen LogP contribution in [0.15, 0.2) is 48.7 Å². The fraction of sp³-hybridized carbons (Fsp3) is 0.400. The number of nitrogens with zero attached hydrogens (tertiary/aromatic N) is 5. The first kappa shape index (κ1) is 30.1. The summed E-state index contributed by atoms with van der Waals surface area (Å²) in [7, 11) is 1.94. The summed E-state index contributed by atoms with van der Waals surface area (Å²) >= 11 is 0. The molecule has 10 nitrogen and oxygen atoms in total. The van der Waals surface area contributed by atoms with Gasteiger partial charge in [0, 0.05) is 81.4 Å². The molecule has 1 atom stereocenters. The zero-order chi connectivity index (χ0) is 30.7. The zero-order valence-corrected chi connectivity index (χ0v) is 24.2. The van der Waals surface area contributed by atoms with Crippen LogP contribution >= 0.6 is 0 Å². The topological polar surface area (TPSA) is 103 Å². The Morgan fingerprint density at radius 2 is 1.79 bits per heavy atom. The number of anilines is 3. The van der Waals surface area contributed by atoms with Crippen molar-refractivity contribution in [1.29, 1.82) is 0 Å². The largest absolute Gasteiger partial charge is 0.439 e. The summed E-state index contributed by atoms with van der Waals surface area (Å²) in [6.07, 6.45) is -2.27. The molecule has 2 amide bonds. The number of piperazine rings is 1. The molecule has 43 heavy (non-hydrogen) atoms. The van der Waals surface area contributed by atoms with Gasteiger partial charge in [0.15, 0.2) is 0 Å². The number of benzene rings is 2. The number of hydrogen-bond acceptors (Lipinski definition) is 8. The van der Waals surface area contributed by atoms with Crippen molar-refractivity contribution in [1.82, 2.24) is 19.8 Å². The summed E-state index contributed by atoms with van der Waals surface area (Å²) in [5.74, 6) is 0.396. The van der Waals surface area contributed by atoms with Gasteiger partial charge in [-0.15, -0.1) is 0 Å². The van der Waals surface area contributed by atoms with Crippen LogP contribution in [0.5, 0.6) is 11.6 Å². The number of halogens is 3. The van der Waals surface area contributed by atoms with Crippen LogP contribution in [0.25, 0.3) is 0 Å². The maximum absolute atomic E-state index is 14.0. The fourth-order valence-corrected chi connectivity index (χ4v) is 5.15. The lowest BCUT2D eigenvalue weighted by Gasteiger charge is -2.35. The van der Waals surface area contributed by atoms with Crippen LogP contribution in [0.3, 0.4) is 0 Å². The summed E-state index contributed by atoms with van der Waals surface area (Å²) in [6, 6.07) is 10.3. The van der Waals surface area contributed by atoms with E-state index in [1.165, 1.54) is 31.3 Å². The van der Waals surface area contributed by atoms with Crippen molar-refractivity contribution < 1.29 is 27.5 Å². The van der Waals surface area contributed by atoms with E-state index in [-0.39, 0.29) is 34.8 Å². The van der Waals surface area contributed by atoms with Crippen LogP contribution in [-0.4, -0.2) is 83.9 Å². The van der Waals surface area contributed by atoms with E-state index in [2.05, 4.69) is 25.5 Å². The molecule has 1 unspecified atom stereocenters. The van der Waals surface area contributed by atoms with Crippen LogP contribution in [-0.2, 0) is 11.0 Å². The minimum Gasteiger partial charge on any atom is -0.439 e. The van der Waals surface area contributed by atoms with E-state index >= 15 is 0 Å². The van der Waals surface area contributed by atoms with Crippen LogP contribution < -0.4 is 20.3 Å². The molecule has 228 valence electrons. The Morgan fingerprint density at radius 3 is 2.49 bits per heavy atom. The summed E-state index contributed by atoms with van der Waals surface area (Å²) in [5.41, 5.74) is 0.295. The molecular weight excluding hydrogens is 563 g/mol. The molecule has 0 bridgehead atoms. The van der Waals surface area contributed by atoms with Gasteiger partial charge in [-0.1, -0.05) is 6.07 Å². The Labute approximate surface area is 247 Å². The second kappa shape index (κ2) is 12.5. The third-order valence-electron chi connectivity index (χ3n) is 7.67. The summed E-state index contributed by atoms with van der Waals surface area (Å²) in [4.78, 5) is 38.9. The van der Waals surface area contributed by atoms with Crippen LogP contribution in [0.1, 0.15) is 34.8 Å². The lowest BCUT2D eigenvalue weighted by molar-refractivity contribution is -0.137. The van der Waals surface area contributed by atoms with Crippen LogP contribution in [0, 0.1) is 6.92 Å². The van der Waals surface area contributed by atoms with Crippen molar-refractivity contribution >= 4 is 29.1 Å². The number of alkyl halides is 3. The normalized spacial score (nSPS) is 17.6. The molecule has 2 aliphatic rings. The molecule has 0 aliphatic carbocycles. The fourth-order valence-electron chi connectivity index (χ4n) is 5.15. The molecular formula is C30H34F3N7O3. The van der Waals surface area contributed by atoms with Gasteiger partial charge in [0.1, 0.15) is 5.75 Å². The zero-order valence-electron chi connectivity index (χ0n) is 24.2. The van der Waals surface area contributed by atoms with E-state index < -0.39 is 17.6 Å². The molecule has 2 saturated heterocycles. The molecule has 2 aromatic carbocycles. The smallest absolute Gasteiger partial charge is 0.418 e. The van der Waals surface area contributed by atoms with Gasteiger partial charge in [0.05, 0.1) is 5.56 Å². The molecule has 3 heterocycles. The van der Waals surface area contributed by atoms with Crippen molar-refractivity contribution in [3.05, 3.63) is 65.4 Å². The van der Waals surface area contributed by atoms with Gasteiger partial charge in [-0.25, -0.2) is 4.98 Å². The number of likely N-dealkylation sites (N-methyl/N-ethyl adjacent to an activating group) is 1. The molecule has 2 fully saturated rings. The SMILES string of the molecule is CC(=O)N1CCC(Nc2nccc(Oc3cc(C(=O)Nc4ccc(N5CCN(C)CC5)c(C(F)(F)F)c4)ccc3C)n2)C1. The first-order chi connectivity index (χ1) is 20.5. The molecule has 0 spiro atoms. The van der Waals surface area contributed by atoms with Crippen LogP contribution in [0.4, 0.5) is 30.5 Å². The standard InChI is InChI=1S/C30H34F3N7O3/c1-19-4-5-21(16-26(19)43-27-8-10-34-29(37-27)36-23-9-11-40(18-23)20(2)41)28(42)35-22-6-7-25(24(17-22)30(31,32)33)39-14-12-38(3)13-15-39/h4-8,10,16-17,23H,9,11-15,18H2,1-3H3,(H,35,42)(H,34,36,37). The summed E-state index contributed by atoms with van der Waals surface area (Å²) in [6.45, 7) is 6.87. The lowest BCUT2D eigenvalue weighted by atomic mass is 10.1. The molecule has 0 saturated carbocycles. The van der Waals surface area contributed by atoms with Crippen molar-refractivity contribution in [2.24, 2.45) is 0 Å². The number of nitrogens with one attached hydrogen (secondary N) is 2. The first-order valence-corrected chi connectivity index (χ1v) is 14.1. The quantitative estimate of drug-likeness (QED) is 0.407. The van der Waals surface area contributed by atoms with Gasteiger partial charge in [-0.2, -0.15) is 18.2 Å². The van der Waals surface area contributed by atoms with Gasteiger partial charge in [-0.05, 0) is 56.3 Å². The number of aromatic nitrogens is 2. The van der Waals surface area contributed by atoms with E-state index in [1.807, 2.05) is 7.05 Å². The summed E-state index contributed by atoms with van der Waals surface area (Å²) in [5, 5.41) is 5.81. The third kappa shape index (κ3) is 7.34. The molecule has 2 aliphatic heterocycles. The summed E-state index contributed by atoms with van der Waals surface area (Å²) < 4.78 is 48.0. The Kier molecular flexibility index (Phi) is 8.71. The van der Waals surface area contributed by atoms with Crippen LogP contribution in [0.2, 0.25) is 0 Å². The van der Waals surface area contributed by atoms with E-state index in [0.717, 1.165) is 18.1 Å². The monoisotopic (exact) mass is 597 g/mol. The van der Waals surface area contributed by atoms with Crippen molar-refractivity contribution in [2.75, 3.05) is 61.8 Å². The number of hydrogen-bond donors (Lipinski definition) is 2. The molecule has 0 radical (unpaired) electrons. The molecule has 1 aromatic heterocycles. The Hall–Kier alpha value is -4.39. The minimum atomic E-state index is -4.58. The van der Waals surface area contributed by atoms with Gasteiger partial charge in [0.25, 0.3) is 5.91 Å². The highest BCUT2D eigenvalue weighted by molar-refractivity contribution is 6.04. The maximum Gasteiger partial charge on any atom is 0.418 e.